The van der Waals surface area contributed by atoms with E-state index in [1.54, 1.807) is 55.5 Å². The predicted octanol–water partition coefficient (Wildman–Crippen LogP) is 3.63. The SMILES string of the molecule is Cc1ccccc1C(=O)NNC(=O)c1cccc(S(=O)(=O)Nc2ccc(Br)cc2)c1. The van der Waals surface area contributed by atoms with Gasteiger partial charge in [-0.05, 0) is 61.0 Å². The molecule has 0 atom stereocenters. The summed E-state index contributed by atoms with van der Waals surface area (Å²) >= 11 is 3.29. The van der Waals surface area contributed by atoms with Crippen LogP contribution in [-0.2, 0) is 10.0 Å². The molecule has 0 bridgehead atoms. The normalized spacial score (nSPS) is 10.9. The van der Waals surface area contributed by atoms with Crippen LogP contribution in [0.2, 0.25) is 0 Å². The van der Waals surface area contributed by atoms with Gasteiger partial charge in [0, 0.05) is 21.3 Å². The molecular weight excluding hydrogens is 470 g/mol. The lowest BCUT2D eigenvalue weighted by molar-refractivity contribution is 0.0846. The Morgan fingerprint density at radius 1 is 0.833 bits per heavy atom. The van der Waals surface area contributed by atoms with Gasteiger partial charge in [-0.2, -0.15) is 0 Å². The van der Waals surface area contributed by atoms with Crippen molar-refractivity contribution in [3.8, 4) is 0 Å². The Hall–Kier alpha value is -3.17. The van der Waals surface area contributed by atoms with Crippen LogP contribution in [0.15, 0.2) is 82.2 Å². The largest absolute Gasteiger partial charge is 0.280 e. The van der Waals surface area contributed by atoms with E-state index in [0.29, 0.717) is 11.3 Å². The van der Waals surface area contributed by atoms with Gasteiger partial charge in [-0.3, -0.25) is 25.2 Å². The number of hydrogen-bond acceptors (Lipinski definition) is 4. The van der Waals surface area contributed by atoms with Crippen molar-refractivity contribution >= 4 is 43.5 Å². The van der Waals surface area contributed by atoms with Gasteiger partial charge in [0.05, 0.1) is 4.90 Å². The Kier molecular flexibility index (Phi) is 6.53. The minimum atomic E-state index is -3.89. The number of nitrogens with one attached hydrogen (secondary N) is 3. The number of aryl methyl sites for hydroxylation is 1. The van der Waals surface area contributed by atoms with Crippen molar-refractivity contribution in [2.24, 2.45) is 0 Å². The molecule has 3 N–H and O–H groups in total. The van der Waals surface area contributed by atoms with Gasteiger partial charge in [-0.25, -0.2) is 8.42 Å². The molecule has 3 rings (SSSR count). The molecule has 0 aromatic heterocycles. The summed E-state index contributed by atoms with van der Waals surface area (Å²) < 4.78 is 28.5. The van der Waals surface area contributed by atoms with Crippen molar-refractivity contribution in [1.82, 2.24) is 10.9 Å². The first kappa shape index (κ1) is 21.5. The van der Waals surface area contributed by atoms with E-state index in [4.69, 9.17) is 0 Å². The fourth-order valence-corrected chi connectivity index (χ4v) is 3.99. The van der Waals surface area contributed by atoms with Crippen LogP contribution in [0.1, 0.15) is 26.3 Å². The van der Waals surface area contributed by atoms with Gasteiger partial charge in [0.25, 0.3) is 21.8 Å². The number of amides is 2. The Bertz CT molecular complexity index is 1190. The Morgan fingerprint density at radius 2 is 1.50 bits per heavy atom. The summed E-state index contributed by atoms with van der Waals surface area (Å²) in [5.74, 6) is -1.11. The maximum atomic E-state index is 12.6. The van der Waals surface area contributed by atoms with Crippen LogP contribution >= 0.6 is 15.9 Å². The minimum Gasteiger partial charge on any atom is -0.280 e. The molecule has 0 spiro atoms. The molecule has 30 heavy (non-hydrogen) atoms. The summed E-state index contributed by atoms with van der Waals surface area (Å²) in [5, 5.41) is 0. The van der Waals surface area contributed by atoms with Gasteiger partial charge >= 0.3 is 0 Å². The first-order valence-electron chi connectivity index (χ1n) is 8.81. The predicted molar refractivity (Wildman–Crippen MR) is 118 cm³/mol. The smallest absolute Gasteiger partial charge is 0.269 e. The van der Waals surface area contributed by atoms with E-state index >= 15 is 0 Å². The number of hydrogen-bond donors (Lipinski definition) is 3. The second kappa shape index (κ2) is 9.10. The number of carbonyl (C=O) groups is 2. The highest BCUT2D eigenvalue weighted by Gasteiger charge is 2.17. The number of sulfonamides is 1. The third kappa shape index (κ3) is 5.25. The maximum absolute atomic E-state index is 12.6. The molecule has 9 heteroatoms. The minimum absolute atomic E-state index is 0.0803. The lowest BCUT2D eigenvalue weighted by Gasteiger charge is -2.11. The van der Waals surface area contributed by atoms with Gasteiger partial charge in [-0.15, -0.1) is 0 Å². The summed E-state index contributed by atoms with van der Waals surface area (Å²) in [7, 11) is -3.89. The standard InChI is InChI=1S/C21H18BrN3O4S/c1-14-5-2-3-8-19(14)21(27)24-23-20(26)15-6-4-7-18(13-15)30(28,29)25-17-11-9-16(22)10-12-17/h2-13,25H,1H3,(H,23,26)(H,24,27). The summed E-state index contributed by atoms with van der Waals surface area (Å²) in [6, 6.07) is 19.1. The van der Waals surface area contributed by atoms with Gasteiger partial charge in [0.1, 0.15) is 0 Å². The molecule has 0 radical (unpaired) electrons. The number of benzene rings is 3. The number of carbonyl (C=O) groups excluding carboxylic acids is 2. The molecular formula is C21H18BrN3O4S. The zero-order valence-electron chi connectivity index (χ0n) is 15.8. The highest BCUT2D eigenvalue weighted by atomic mass is 79.9. The van der Waals surface area contributed by atoms with E-state index in [1.165, 1.54) is 24.3 Å². The summed E-state index contributed by atoms with van der Waals surface area (Å²) in [6.07, 6.45) is 0. The highest BCUT2D eigenvalue weighted by molar-refractivity contribution is 9.10. The molecule has 0 saturated heterocycles. The van der Waals surface area contributed by atoms with Crippen LogP contribution in [-0.4, -0.2) is 20.2 Å². The van der Waals surface area contributed by atoms with Crippen LogP contribution in [0.4, 0.5) is 5.69 Å². The Morgan fingerprint density at radius 3 is 2.20 bits per heavy atom. The lowest BCUT2D eigenvalue weighted by atomic mass is 10.1. The van der Waals surface area contributed by atoms with Gasteiger partial charge in [0.15, 0.2) is 0 Å². The molecule has 0 saturated carbocycles. The first-order valence-corrected chi connectivity index (χ1v) is 11.1. The van der Waals surface area contributed by atoms with Crippen LogP contribution in [0.3, 0.4) is 0 Å². The van der Waals surface area contributed by atoms with Crippen molar-refractivity contribution < 1.29 is 18.0 Å². The average Bonchev–Trinajstić information content (AvgIpc) is 2.73. The molecule has 0 unspecified atom stereocenters. The summed E-state index contributed by atoms with van der Waals surface area (Å²) in [5.41, 5.74) is 6.29. The summed E-state index contributed by atoms with van der Waals surface area (Å²) in [6.45, 7) is 1.78. The van der Waals surface area contributed by atoms with Crippen LogP contribution in [0, 0.1) is 6.92 Å². The molecule has 7 nitrogen and oxygen atoms in total. The lowest BCUT2D eigenvalue weighted by Crippen LogP contribution is -2.41. The number of anilines is 1. The molecule has 0 heterocycles. The monoisotopic (exact) mass is 487 g/mol. The van der Waals surface area contributed by atoms with E-state index in [1.807, 2.05) is 0 Å². The maximum Gasteiger partial charge on any atom is 0.269 e. The van der Waals surface area contributed by atoms with E-state index in [0.717, 1.165) is 10.0 Å². The van der Waals surface area contributed by atoms with Crippen molar-refractivity contribution in [3.05, 3.63) is 94.0 Å². The van der Waals surface area contributed by atoms with Crippen molar-refractivity contribution in [2.75, 3.05) is 4.72 Å². The molecule has 2 amide bonds. The fourth-order valence-electron chi connectivity index (χ4n) is 2.62. The number of hydrazine groups is 1. The second-order valence-corrected chi connectivity index (χ2v) is 8.96. The van der Waals surface area contributed by atoms with Crippen molar-refractivity contribution in [3.63, 3.8) is 0 Å². The zero-order valence-corrected chi connectivity index (χ0v) is 18.2. The Labute approximate surface area is 182 Å². The molecule has 0 aliphatic heterocycles. The quantitative estimate of drug-likeness (QED) is 0.477. The van der Waals surface area contributed by atoms with Gasteiger partial charge in [-0.1, -0.05) is 40.2 Å². The molecule has 3 aromatic rings. The number of rotatable bonds is 5. The topological polar surface area (TPSA) is 104 Å². The summed E-state index contributed by atoms with van der Waals surface area (Å²) in [4.78, 5) is 24.5. The van der Waals surface area contributed by atoms with E-state index in [2.05, 4.69) is 31.5 Å². The van der Waals surface area contributed by atoms with Gasteiger partial charge < -0.3 is 0 Å². The van der Waals surface area contributed by atoms with Crippen LogP contribution < -0.4 is 15.6 Å². The van der Waals surface area contributed by atoms with Crippen molar-refractivity contribution in [1.29, 1.82) is 0 Å². The van der Waals surface area contributed by atoms with E-state index in [-0.39, 0.29) is 10.5 Å². The fraction of sp³-hybridized carbons (Fsp3) is 0.0476. The number of halogens is 1. The molecule has 3 aromatic carbocycles. The van der Waals surface area contributed by atoms with Crippen LogP contribution in [0.5, 0.6) is 0 Å². The van der Waals surface area contributed by atoms with Crippen molar-refractivity contribution in [2.45, 2.75) is 11.8 Å². The average molecular weight is 488 g/mol. The third-order valence-electron chi connectivity index (χ3n) is 4.18. The molecule has 0 fully saturated rings. The second-order valence-electron chi connectivity index (χ2n) is 6.36. The zero-order chi connectivity index (χ0) is 21.7. The molecule has 0 aliphatic carbocycles. The Balaban J connectivity index is 1.71. The third-order valence-corrected chi connectivity index (χ3v) is 6.09. The highest BCUT2D eigenvalue weighted by Crippen LogP contribution is 2.19. The first-order chi connectivity index (χ1) is 14.3. The molecule has 154 valence electrons. The van der Waals surface area contributed by atoms with Crippen LogP contribution in [0.25, 0.3) is 0 Å². The van der Waals surface area contributed by atoms with E-state index in [9.17, 15) is 18.0 Å². The molecule has 0 aliphatic rings. The van der Waals surface area contributed by atoms with E-state index < -0.39 is 21.8 Å². The van der Waals surface area contributed by atoms with Gasteiger partial charge in [0.2, 0.25) is 0 Å².